The number of nitrogens with two attached hydrogens (primary N) is 1. The van der Waals surface area contributed by atoms with E-state index in [2.05, 4.69) is 4.98 Å². The number of thiocarbonyl (C=S) groups is 1. The lowest BCUT2D eigenvalue weighted by molar-refractivity contribution is 0.629. The van der Waals surface area contributed by atoms with E-state index in [9.17, 15) is 4.39 Å². The van der Waals surface area contributed by atoms with Crippen LogP contribution in [0.3, 0.4) is 0 Å². The third kappa shape index (κ3) is 1.44. The zero-order valence-electron chi connectivity index (χ0n) is 7.20. The molecule has 2 rings (SSSR count). The van der Waals surface area contributed by atoms with Crippen molar-refractivity contribution in [3.63, 3.8) is 0 Å². The first-order valence-electron chi connectivity index (χ1n) is 4.02. The summed E-state index contributed by atoms with van der Waals surface area (Å²) in [6.07, 6.45) is 1.61. The first-order chi connectivity index (χ1) is 6.68. The highest BCUT2D eigenvalue weighted by Crippen LogP contribution is 2.17. The zero-order chi connectivity index (χ0) is 10.1. The molecule has 0 amide bonds. The number of rotatable bonds is 1. The van der Waals surface area contributed by atoms with Gasteiger partial charge in [-0.2, -0.15) is 0 Å². The number of hydrogen-bond donors (Lipinski definition) is 1. The number of pyridine rings is 1. The minimum Gasteiger partial charge on any atom is -0.388 e. The zero-order valence-corrected chi connectivity index (χ0v) is 8.01. The average molecular weight is 206 g/mol. The Morgan fingerprint density at radius 2 is 2.14 bits per heavy atom. The van der Waals surface area contributed by atoms with E-state index in [0.717, 1.165) is 5.39 Å². The van der Waals surface area contributed by atoms with Crippen molar-refractivity contribution >= 4 is 28.0 Å². The van der Waals surface area contributed by atoms with Crippen molar-refractivity contribution in [2.75, 3.05) is 0 Å². The topological polar surface area (TPSA) is 38.9 Å². The highest BCUT2D eigenvalue weighted by Gasteiger charge is 2.05. The van der Waals surface area contributed by atoms with Crippen molar-refractivity contribution in [2.45, 2.75) is 0 Å². The molecule has 0 unspecified atom stereocenters. The second-order valence-electron chi connectivity index (χ2n) is 2.89. The van der Waals surface area contributed by atoms with Crippen LogP contribution in [0.15, 0.2) is 30.5 Å². The molecular formula is C10H7FN2S. The summed E-state index contributed by atoms with van der Waals surface area (Å²) < 4.78 is 13.0. The number of nitrogens with zero attached hydrogens (tertiary/aromatic N) is 1. The Morgan fingerprint density at radius 3 is 2.86 bits per heavy atom. The molecule has 0 spiro atoms. The maximum Gasteiger partial charge on any atom is 0.123 e. The van der Waals surface area contributed by atoms with Crippen molar-refractivity contribution in [1.82, 2.24) is 4.98 Å². The molecule has 2 N–H and O–H groups in total. The molecular weight excluding hydrogens is 199 g/mol. The van der Waals surface area contributed by atoms with Gasteiger partial charge in [-0.15, -0.1) is 0 Å². The van der Waals surface area contributed by atoms with E-state index >= 15 is 0 Å². The van der Waals surface area contributed by atoms with Gasteiger partial charge in [-0.05, 0) is 23.6 Å². The Bertz CT molecular complexity index is 510. The van der Waals surface area contributed by atoms with Crippen molar-refractivity contribution in [2.24, 2.45) is 5.73 Å². The number of aromatic nitrogens is 1. The van der Waals surface area contributed by atoms with Crippen LogP contribution in [-0.2, 0) is 0 Å². The minimum atomic E-state index is -0.317. The summed E-state index contributed by atoms with van der Waals surface area (Å²) in [6, 6.07) is 6.24. The molecule has 0 radical (unpaired) electrons. The highest BCUT2D eigenvalue weighted by molar-refractivity contribution is 7.80. The maximum atomic E-state index is 13.0. The van der Waals surface area contributed by atoms with Gasteiger partial charge in [0.05, 0.1) is 0 Å². The van der Waals surface area contributed by atoms with Gasteiger partial charge in [0.15, 0.2) is 0 Å². The number of halogens is 1. The molecule has 2 aromatic rings. The Morgan fingerprint density at radius 1 is 1.36 bits per heavy atom. The van der Waals surface area contributed by atoms with Crippen LogP contribution >= 0.6 is 12.2 Å². The molecule has 0 bridgehead atoms. The van der Waals surface area contributed by atoms with Crippen molar-refractivity contribution in [3.8, 4) is 0 Å². The molecule has 0 fully saturated rings. The second kappa shape index (κ2) is 3.31. The predicted molar refractivity (Wildman–Crippen MR) is 57.6 cm³/mol. The molecule has 0 saturated carbocycles. The molecule has 2 nitrogen and oxygen atoms in total. The van der Waals surface area contributed by atoms with E-state index in [-0.39, 0.29) is 10.8 Å². The number of hydrogen-bond acceptors (Lipinski definition) is 2. The monoisotopic (exact) mass is 206 g/mol. The van der Waals surface area contributed by atoms with Crippen LogP contribution in [0.5, 0.6) is 0 Å². The fourth-order valence-corrected chi connectivity index (χ4v) is 1.50. The maximum absolute atomic E-state index is 13.0. The fraction of sp³-hybridized carbons (Fsp3) is 0. The third-order valence-corrected chi connectivity index (χ3v) is 2.15. The van der Waals surface area contributed by atoms with Gasteiger partial charge in [-0.25, -0.2) is 4.39 Å². The van der Waals surface area contributed by atoms with Gasteiger partial charge in [0, 0.05) is 11.6 Å². The lowest BCUT2D eigenvalue weighted by Crippen LogP contribution is -2.11. The Kier molecular flexibility index (Phi) is 2.13. The fourth-order valence-electron chi connectivity index (χ4n) is 1.34. The quantitative estimate of drug-likeness (QED) is 0.725. The summed E-state index contributed by atoms with van der Waals surface area (Å²) >= 11 is 4.83. The van der Waals surface area contributed by atoms with E-state index < -0.39 is 0 Å². The summed E-state index contributed by atoms with van der Waals surface area (Å²) in [6.45, 7) is 0. The van der Waals surface area contributed by atoms with Crippen LogP contribution in [0.1, 0.15) is 5.69 Å². The van der Waals surface area contributed by atoms with Crippen molar-refractivity contribution < 1.29 is 4.39 Å². The molecule has 14 heavy (non-hydrogen) atoms. The molecule has 0 atom stereocenters. The van der Waals surface area contributed by atoms with E-state index in [1.54, 1.807) is 18.3 Å². The van der Waals surface area contributed by atoms with Gasteiger partial charge in [-0.1, -0.05) is 18.3 Å². The van der Waals surface area contributed by atoms with Crippen LogP contribution in [0.25, 0.3) is 10.8 Å². The van der Waals surface area contributed by atoms with Gasteiger partial charge in [0.1, 0.15) is 16.5 Å². The lowest BCUT2D eigenvalue weighted by atomic mass is 10.1. The summed E-state index contributed by atoms with van der Waals surface area (Å²) in [7, 11) is 0. The lowest BCUT2D eigenvalue weighted by Gasteiger charge is -2.03. The molecule has 1 aromatic carbocycles. The molecule has 4 heteroatoms. The highest BCUT2D eigenvalue weighted by atomic mass is 32.1. The number of fused-ring (bicyclic) bond motifs is 1. The standard InChI is InChI=1S/C10H7FN2S/c11-7-2-1-6-3-4-13-9(10(12)14)8(6)5-7/h1-5H,(H2,12,14). The summed E-state index contributed by atoms with van der Waals surface area (Å²) in [5, 5.41) is 1.53. The predicted octanol–water partition coefficient (Wildman–Crippen LogP) is 2.01. The minimum absolute atomic E-state index is 0.182. The van der Waals surface area contributed by atoms with Crippen molar-refractivity contribution in [3.05, 3.63) is 42.0 Å². The SMILES string of the molecule is NC(=S)c1nccc2ccc(F)cc12. The van der Waals surface area contributed by atoms with E-state index in [0.29, 0.717) is 11.1 Å². The van der Waals surface area contributed by atoms with Gasteiger partial charge in [0.2, 0.25) is 0 Å². The smallest absolute Gasteiger partial charge is 0.123 e. The van der Waals surface area contributed by atoms with E-state index in [1.807, 2.05) is 0 Å². The van der Waals surface area contributed by atoms with Crippen LogP contribution in [-0.4, -0.2) is 9.97 Å². The molecule has 0 aliphatic carbocycles. The summed E-state index contributed by atoms with van der Waals surface area (Å²) in [4.78, 5) is 4.20. The van der Waals surface area contributed by atoms with Crippen LogP contribution in [0.4, 0.5) is 4.39 Å². The molecule has 1 aromatic heterocycles. The molecule has 0 saturated heterocycles. The Labute approximate surface area is 85.6 Å². The van der Waals surface area contributed by atoms with Gasteiger partial charge < -0.3 is 5.73 Å². The second-order valence-corrected chi connectivity index (χ2v) is 3.33. The van der Waals surface area contributed by atoms with Crippen molar-refractivity contribution in [1.29, 1.82) is 0 Å². The third-order valence-electron chi connectivity index (χ3n) is 1.96. The van der Waals surface area contributed by atoms with Gasteiger partial charge >= 0.3 is 0 Å². The Hall–Kier alpha value is -1.55. The van der Waals surface area contributed by atoms with Crippen LogP contribution in [0.2, 0.25) is 0 Å². The largest absolute Gasteiger partial charge is 0.388 e. The van der Waals surface area contributed by atoms with E-state index in [1.165, 1.54) is 12.1 Å². The van der Waals surface area contributed by atoms with Gasteiger partial charge in [-0.3, -0.25) is 4.98 Å². The average Bonchev–Trinajstić information content (AvgIpc) is 2.16. The molecule has 1 heterocycles. The van der Waals surface area contributed by atoms with Crippen LogP contribution in [0, 0.1) is 5.82 Å². The normalized spacial score (nSPS) is 10.4. The summed E-state index contributed by atoms with van der Waals surface area (Å²) in [5.74, 6) is -0.317. The number of benzene rings is 1. The van der Waals surface area contributed by atoms with Gasteiger partial charge in [0.25, 0.3) is 0 Å². The van der Waals surface area contributed by atoms with Crippen LogP contribution < -0.4 is 5.73 Å². The molecule has 70 valence electrons. The first-order valence-corrected chi connectivity index (χ1v) is 4.43. The molecule has 0 aliphatic heterocycles. The first kappa shape index (κ1) is 9.02. The Balaban J connectivity index is 2.84. The summed E-state index contributed by atoms with van der Waals surface area (Å²) in [5.41, 5.74) is 5.95. The molecule has 0 aliphatic rings. The van der Waals surface area contributed by atoms with E-state index in [4.69, 9.17) is 18.0 Å².